The Kier molecular flexibility index (Phi) is 9.71. The highest BCUT2D eigenvalue weighted by molar-refractivity contribution is 7.98. The minimum absolute atomic E-state index is 0.123. The Morgan fingerprint density at radius 3 is 2.59 bits per heavy atom. The van der Waals surface area contributed by atoms with E-state index >= 15 is 0 Å². The molecule has 1 amide bonds. The average molecular weight is 260 g/mol. The molecule has 0 aliphatic rings. The molecule has 0 aliphatic heterocycles. The van der Waals surface area contributed by atoms with Gasteiger partial charge in [-0.05, 0) is 13.2 Å². The van der Waals surface area contributed by atoms with Gasteiger partial charge in [0.05, 0.1) is 6.54 Å². The van der Waals surface area contributed by atoms with Crippen LogP contribution in [0.15, 0.2) is 4.99 Å². The Morgan fingerprint density at radius 1 is 1.35 bits per heavy atom. The molecule has 0 aromatic carbocycles. The van der Waals surface area contributed by atoms with Crippen molar-refractivity contribution in [1.82, 2.24) is 15.5 Å². The molecule has 2 N–H and O–H groups in total. The molecule has 0 bridgehead atoms. The van der Waals surface area contributed by atoms with E-state index in [4.69, 9.17) is 0 Å². The van der Waals surface area contributed by atoms with Crippen LogP contribution >= 0.6 is 11.8 Å². The van der Waals surface area contributed by atoms with Gasteiger partial charge in [-0.15, -0.1) is 0 Å². The second kappa shape index (κ2) is 10.3. The highest BCUT2D eigenvalue weighted by atomic mass is 32.2. The molecule has 100 valence electrons. The van der Waals surface area contributed by atoms with Crippen molar-refractivity contribution in [3.63, 3.8) is 0 Å². The van der Waals surface area contributed by atoms with Crippen molar-refractivity contribution in [2.45, 2.75) is 13.3 Å². The van der Waals surface area contributed by atoms with E-state index in [9.17, 15) is 4.79 Å². The molecular formula is C11H24N4OS. The fraction of sp³-hybridized carbons (Fsp3) is 0.818. The number of guanidine groups is 1. The van der Waals surface area contributed by atoms with Gasteiger partial charge in [-0.3, -0.25) is 9.79 Å². The van der Waals surface area contributed by atoms with E-state index in [1.165, 1.54) is 0 Å². The van der Waals surface area contributed by atoms with Gasteiger partial charge in [-0.2, -0.15) is 11.8 Å². The maximum atomic E-state index is 11.4. The lowest BCUT2D eigenvalue weighted by atomic mass is 10.4. The summed E-state index contributed by atoms with van der Waals surface area (Å²) in [5.41, 5.74) is 0. The summed E-state index contributed by atoms with van der Waals surface area (Å²) in [6.07, 6.45) is 2.55. The fourth-order valence-electron chi connectivity index (χ4n) is 1.10. The fourth-order valence-corrected chi connectivity index (χ4v) is 1.38. The molecule has 17 heavy (non-hydrogen) atoms. The second-order valence-electron chi connectivity index (χ2n) is 3.72. The van der Waals surface area contributed by atoms with Crippen molar-refractivity contribution in [3.05, 3.63) is 0 Å². The smallest absolute Gasteiger partial charge is 0.223 e. The van der Waals surface area contributed by atoms with E-state index in [0.29, 0.717) is 13.0 Å². The quantitative estimate of drug-likeness (QED) is 0.395. The zero-order valence-corrected chi connectivity index (χ0v) is 12.1. The van der Waals surface area contributed by atoms with Gasteiger partial charge >= 0.3 is 0 Å². The number of carbonyl (C=O) groups is 1. The number of nitrogens with zero attached hydrogens (tertiary/aromatic N) is 2. The van der Waals surface area contributed by atoms with Gasteiger partial charge in [0.25, 0.3) is 0 Å². The molecular weight excluding hydrogens is 236 g/mol. The third kappa shape index (κ3) is 8.85. The van der Waals surface area contributed by atoms with E-state index in [1.54, 1.807) is 30.8 Å². The van der Waals surface area contributed by atoms with Gasteiger partial charge in [0.2, 0.25) is 5.91 Å². The standard InChI is InChI=1S/C11H24N4OS/c1-5-12-11(14-8-9-17-4)13-7-6-10(16)15(2)3/h5-9H2,1-4H3,(H2,12,13,14). The molecule has 5 nitrogen and oxygen atoms in total. The molecule has 0 heterocycles. The van der Waals surface area contributed by atoms with Gasteiger partial charge in [0.1, 0.15) is 0 Å². The number of thioether (sulfide) groups is 1. The molecule has 0 aromatic rings. The Labute approximate surface area is 108 Å². The third-order valence-corrected chi connectivity index (χ3v) is 2.63. The molecule has 0 saturated heterocycles. The van der Waals surface area contributed by atoms with Crippen molar-refractivity contribution >= 4 is 23.6 Å². The Hall–Kier alpha value is -0.910. The Balaban J connectivity index is 3.91. The van der Waals surface area contributed by atoms with Crippen molar-refractivity contribution < 1.29 is 4.79 Å². The number of aliphatic imine (C=N–C) groups is 1. The van der Waals surface area contributed by atoms with Crippen LogP contribution in [0, 0.1) is 0 Å². The van der Waals surface area contributed by atoms with E-state index in [-0.39, 0.29) is 5.91 Å². The zero-order chi connectivity index (χ0) is 13.1. The highest BCUT2D eigenvalue weighted by Crippen LogP contribution is 1.90. The Bertz CT molecular complexity index is 244. The lowest BCUT2D eigenvalue weighted by molar-refractivity contribution is -0.128. The summed E-state index contributed by atoms with van der Waals surface area (Å²) in [4.78, 5) is 17.4. The first kappa shape index (κ1) is 16.1. The largest absolute Gasteiger partial charge is 0.357 e. The monoisotopic (exact) mass is 260 g/mol. The highest BCUT2D eigenvalue weighted by Gasteiger charge is 2.03. The molecule has 0 aromatic heterocycles. The molecule has 0 spiro atoms. The number of hydrogen-bond acceptors (Lipinski definition) is 3. The minimum atomic E-state index is 0.123. The second-order valence-corrected chi connectivity index (χ2v) is 4.70. The molecule has 6 heteroatoms. The number of rotatable bonds is 7. The van der Waals surface area contributed by atoms with Crippen LogP contribution in [0.25, 0.3) is 0 Å². The average Bonchev–Trinajstić information content (AvgIpc) is 2.29. The normalized spacial score (nSPS) is 11.2. The SMILES string of the molecule is CCNC(=NCCSC)NCCC(=O)N(C)C. The predicted molar refractivity (Wildman–Crippen MR) is 75.7 cm³/mol. The van der Waals surface area contributed by atoms with E-state index in [2.05, 4.69) is 21.9 Å². The number of carbonyl (C=O) groups excluding carboxylic acids is 1. The van der Waals surface area contributed by atoms with E-state index in [0.717, 1.165) is 24.8 Å². The molecule has 0 unspecified atom stereocenters. The number of nitrogens with one attached hydrogen (secondary N) is 2. The van der Waals surface area contributed by atoms with Crippen LogP contribution in [0.5, 0.6) is 0 Å². The van der Waals surface area contributed by atoms with Crippen molar-refractivity contribution in [2.75, 3.05) is 45.7 Å². The van der Waals surface area contributed by atoms with Crippen molar-refractivity contribution in [1.29, 1.82) is 0 Å². The van der Waals surface area contributed by atoms with Crippen LogP contribution in [-0.4, -0.2) is 62.5 Å². The van der Waals surface area contributed by atoms with Crippen molar-refractivity contribution in [2.24, 2.45) is 4.99 Å². The topological polar surface area (TPSA) is 56.7 Å². The van der Waals surface area contributed by atoms with Gasteiger partial charge in [-0.25, -0.2) is 0 Å². The first-order valence-electron chi connectivity index (χ1n) is 5.83. The van der Waals surface area contributed by atoms with Gasteiger partial charge in [0, 0.05) is 39.4 Å². The third-order valence-electron chi connectivity index (χ3n) is 2.04. The van der Waals surface area contributed by atoms with Crippen molar-refractivity contribution in [3.8, 4) is 0 Å². The number of amides is 1. The minimum Gasteiger partial charge on any atom is -0.357 e. The van der Waals surface area contributed by atoms with Gasteiger partial charge in [-0.1, -0.05) is 0 Å². The summed E-state index contributed by atoms with van der Waals surface area (Å²) in [6.45, 7) is 4.25. The lowest BCUT2D eigenvalue weighted by Gasteiger charge is -2.13. The predicted octanol–water partition coefficient (Wildman–Crippen LogP) is 0.383. The molecule has 0 radical (unpaired) electrons. The van der Waals surface area contributed by atoms with Crippen LogP contribution in [-0.2, 0) is 4.79 Å². The summed E-state index contributed by atoms with van der Waals surface area (Å²) in [5, 5.41) is 6.30. The van der Waals surface area contributed by atoms with Crippen LogP contribution < -0.4 is 10.6 Å². The first-order valence-corrected chi connectivity index (χ1v) is 7.22. The lowest BCUT2D eigenvalue weighted by Crippen LogP contribution is -2.39. The van der Waals surface area contributed by atoms with Crippen LogP contribution in [0.3, 0.4) is 0 Å². The summed E-state index contributed by atoms with van der Waals surface area (Å²) in [5.74, 6) is 1.92. The van der Waals surface area contributed by atoms with E-state index in [1.807, 2.05) is 6.92 Å². The zero-order valence-electron chi connectivity index (χ0n) is 11.2. The first-order chi connectivity index (χ1) is 8.11. The molecule has 0 fully saturated rings. The summed E-state index contributed by atoms with van der Waals surface area (Å²) in [6, 6.07) is 0. The summed E-state index contributed by atoms with van der Waals surface area (Å²) < 4.78 is 0. The molecule has 0 atom stereocenters. The summed E-state index contributed by atoms with van der Waals surface area (Å²) in [7, 11) is 3.53. The summed E-state index contributed by atoms with van der Waals surface area (Å²) >= 11 is 1.77. The maximum absolute atomic E-state index is 11.4. The van der Waals surface area contributed by atoms with Crippen LogP contribution in [0.4, 0.5) is 0 Å². The number of hydrogen-bond donors (Lipinski definition) is 2. The van der Waals surface area contributed by atoms with E-state index < -0.39 is 0 Å². The molecule has 0 aliphatic carbocycles. The Morgan fingerprint density at radius 2 is 2.06 bits per heavy atom. The maximum Gasteiger partial charge on any atom is 0.223 e. The van der Waals surface area contributed by atoms with Gasteiger partial charge < -0.3 is 15.5 Å². The van der Waals surface area contributed by atoms with Crippen LogP contribution in [0.2, 0.25) is 0 Å². The van der Waals surface area contributed by atoms with Gasteiger partial charge in [0.15, 0.2) is 5.96 Å². The molecule has 0 saturated carbocycles. The molecule has 0 rings (SSSR count). The van der Waals surface area contributed by atoms with Crippen LogP contribution in [0.1, 0.15) is 13.3 Å².